The van der Waals surface area contributed by atoms with Gasteiger partial charge in [0.2, 0.25) is 0 Å². The highest BCUT2D eigenvalue weighted by Gasteiger charge is 2.29. The Morgan fingerprint density at radius 1 is 1.47 bits per heavy atom. The number of ketones is 1. The van der Waals surface area contributed by atoms with E-state index in [2.05, 4.69) is 0 Å². The lowest BCUT2D eigenvalue weighted by molar-refractivity contribution is -0.125. The smallest absolute Gasteiger partial charge is 0.254 e. The van der Waals surface area contributed by atoms with Crippen LogP contribution in [0.1, 0.15) is 35.7 Å². The average Bonchev–Trinajstić information content (AvgIpc) is 2.41. The van der Waals surface area contributed by atoms with E-state index in [0.717, 1.165) is 6.42 Å². The maximum Gasteiger partial charge on any atom is 0.254 e. The molecule has 19 heavy (non-hydrogen) atoms. The summed E-state index contributed by atoms with van der Waals surface area (Å²) in [7, 11) is 0. The number of likely N-dealkylation sites (tertiary alicyclic amines) is 1. The summed E-state index contributed by atoms with van der Waals surface area (Å²) in [5, 5.41) is 9.66. The summed E-state index contributed by atoms with van der Waals surface area (Å²) in [6, 6.07) is 4.96. The monoisotopic (exact) mass is 261 g/mol. The summed E-state index contributed by atoms with van der Waals surface area (Å²) in [6.07, 6.45) is 1.20. The molecule has 1 fully saturated rings. The maximum absolute atomic E-state index is 12.4. The first-order valence-electron chi connectivity index (χ1n) is 6.65. The van der Waals surface area contributed by atoms with Crippen LogP contribution in [0, 0.1) is 12.8 Å². The van der Waals surface area contributed by atoms with Crippen molar-refractivity contribution in [2.24, 2.45) is 5.92 Å². The topological polar surface area (TPSA) is 57.6 Å². The maximum atomic E-state index is 12.4. The highest BCUT2D eigenvalue weighted by molar-refractivity contribution is 5.97. The molecule has 2 rings (SSSR count). The van der Waals surface area contributed by atoms with Crippen molar-refractivity contribution < 1.29 is 14.7 Å². The normalized spacial score (nSPS) is 19.6. The van der Waals surface area contributed by atoms with Crippen LogP contribution in [0.5, 0.6) is 5.75 Å². The zero-order chi connectivity index (χ0) is 14.0. The minimum atomic E-state index is -0.0978. The van der Waals surface area contributed by atoms with E-state index < -0.39 is 0 Å². The van der Waals surface area contributed by atoms with E-state index in [4.69, 9.17) is 0 Å². The molecule has 0 aliphatic carbocycles. The SMILES string of the molecule is CCC1CN(C(=O)c2cccc(O)c2C)CCC1=O. The Hall–Kier alpha value is -1.84. The van der Waals surface area contributed by atoms with Crippen LogP contribution < -0.4 is 0 Å². The van der Waals surface area contributed by atoms with E-state index in [1.807, 2.05) is 6.92 Å². The van der Waals surface area contributed by atoms with Gasteiger partial charge in [-0.25, -0.2) is 0 Å². The molecule has 1 atom stereocenters. The number of piperidine rings is 1. The molecule has 4 nitrogen and oxygen atoms in total. The molecule has 1 saturated heterocycles. The molecule has 1 N–H and O–H groups in total. The number of carbonyl (C=O) groups is 2. The summed E-state index contributed by atoms with van der Waals surface area (Å²) >= 11 is 0. The first kappa shape index (κ1) is 13.6. The number of benzene rings is 1. The first-order chi connectivity index (χ1) is 9.04. The second-order valence-electron chi connectivity index (χ2n) is 5.02. The van der Waals surface area contributed by atoms with Gasteiger partial charge in [0.25, 0.3) is 5.91 Å². The molecule has 0 bridgehead atoms. The highest BCUT2D eigenvalue weighted by Crippen LogP contribution is 2.23. The number of phenols is 1. The summed E-state index contributed by atoms with van der Waals surface area (Å²) in [4.78, 5) is 25.8. The number of carbonyl (C=O) groups excluding carboxylic acids is 2. The molecule has 1 aliphatic rings. The van der Waals surface area contributed by atoms with Crippen molar-refractivity contribution in [1.82, 2.24) is 4.90 Å². The summed E-state index contributed by atoms with van der Waals surface area (Å²) in [5.74, 6) is 0.236. The largest absolute Gasteiger partial charge is 0.508 e. The molecule has 0 saturated carbocycles. The van der Waals surface area contributed by atoms with Gasteiger partial charge in [0, 0.05) is 36.6 Å². The first-order valence-corrected chi connectivity index (χ1v) is 6.65. The van der Waals surface area contributed by atoms with Crippen LogP contribution in [-0.4, -0.2) is 34.8 Å². The fraction of sp³-hybridized carbons (Fsp3) is 0.467. The predicted octanol–water partition coefficient (Wildman–Crippen LogP) is 2.14. The molecule has 1 unspecified atom stereocenters. The zero-order valence-electron chi connectivity index (χ0n) is 11.3. The molecule has 1 aromatic rings. The number of aromatic hydroxyl groups is 1. The van der Waals surface area contributed by atoms with Gasteiger partial charge in [-0.05, 0) is 25.5 Å². The highest BCUT2D eigenvalue weighted by atomic mass is 16.3. The quantitative estimate of drug-likeness (QED) is 0.887. The van der Waals surface area contributed by atoms with Crippen LogP contribution in [0.3, 0.4) is 0 Å². The van der Waals surface area contributed by atoms with Crippen molar-refractivity contribution in [3.8, 4) is 5.75 Å². The molecule has 4 heteroatoms. The van der Waals surface area contributed by atoms with E-state index in [9.17, 15) is 14.7 Å². The van der Waals surface area contributed by atoms with Crippen LogP contribution in [0.2, 0.25) is 0 Å². The van der Waals surface area contributed by atoms with Gasteiger partial charge >= 0.3 is 0 Å². The molecular formula is C15H19NO3. The van der Waals surface area contributed by atoms with Crippen molar-refractivity contribution in [2.45, 2.75) is 26.7 Å². The fourth-order valence-corrected chi connectivity index (χ4v) is 2.48. The molecule has 1 heterocycles. The van der Waals surface area contributed by atoms with Crippen LogP contribution in [0.15, 0.2) is 18.2 Å². The number of rotatable bonds is 2. The molecule has 0 radical (unpaired) electrons. The van der Waals surface area contributed by atoms with Gasteiger partial charge in [-0.3, -0.25) is 9.59 Å². The molecule has 0 aromatic heterocycles. The predicted molar refractivity (Wildman–Crippen MR) is 72.2 cm³/mol. The van der Waals surface area contributed by atoms with Gasteiger partial charge in [0.1, 0.15) is 11.5 Å². The van der Waals surface area contributed by atoms with Gasteiger partial charge in [-0.15, -0.1) is 0 Å². The molecule has 1 aliphatic heterocycles. The van der Waals surface area contributed by atoms with Crippen LogP contribution in [0.25, 0.3) is 0 Å². The minimum Gasteiger partial charge on any atom is -0.508 e. The Morgan fingerprint density at radius 3 is 2.89 bits per heavy atom. The van der Waals surface area contributed by atoms with E-state index in [0.29, 0.717) is 30.6 Å². The Balaban J connectivity index is 2.20. The third-order valence-corrected chi connectivity index (χ3v) is 3.84. The molecule has 0 spiro atoms. The summed E-state index contributed by atoms with van der Waals surface area (Å²) < 4.78 is 0. The van der Waals surface area contributed by atoms with Crippen molar-refractivity contribution in [3.63, 3.8) is 0 Å². The summed E-state index contributed by atoms with van der Waals surface area (Å²) in [5.41, 5.74) is 1.11. The van der Waals surface area contributed by atoms with Gasteiger partial charge in [-0.1, -0.05) is 13.0 Å². The van der Waals surface area contributed by atoms with Crippen LogP contribution >= 0.6 is 0 Å². The number of hydrogen-bond donors (Lipinski definition) is 1. The lowest BCUT2D eigenvalue weighted by atomic mass is 9.93. The molecule has 1 amide bonds. The van der Waals surface area contributed by atoms with E-state index >= 15 is 0 Å². The third-order valence-electron chi connectivity index (χ3n) is 3.84. The third kappa shape index (κ3) is 2.62. The van der Waals surface area contributed by atoms with Crippen molar-refractivity contribution >= 4 is 11.7 Å². The van der Waals surface area contributed by atoms with Crippen LogP contribution in [0.4, 0.5) is 0 Å². The zero-order valence-corrected chi connectivity index (χ0v) is 11.3. The second kappa shape index (κ2) is 5.43. The van der Waals surface area contributed by atoms with Gasteiger partial charge < -0.3 is 10.0 Å². The van der Waals surface area contributed by atoms with Gasteiger partial charge in [0.15, 0.2) is 0 Å². The molecule has 1 aromatic carbocycles. The van der Waals surface area contributed by atoms with E-state index in [-0.39, 0.29) is 23.4 Å². The second-order valence-corrected chi connectivity index (χ2v) is 5.02. The summed E-state index contributed by atoms with van der Waals surface area (Å²) in [6.45, 7) is 4.66. The van der Waals surface area contributed by atoms with Gasteiger partial charge in [0.05, 0.1) is 0 Å². The number of amides is 1. The fourth-order valence-electron chi connectivity index (χ4n) is 2.48. The Morgan fingerprint density at radius 2 is 2.21 bits per heavy atom. The lowest BCUT2D eigenvalue weighted by Gasteiger charge is -2.31. The van der Waals surface area contributed by atoms with Crippen molar-refractivity contribution in [3.05, 3.63) is 29.3 Å². The van der Waals surface area contributed by atoms with Crippen molar-refractivity contribution in [1.29, 1.82) is 0 Å². The lowest BCUT2D eigenvalue weighted by Crippen LogP contribution is -2.44. The molecule has 102 valence electrons. The standard InChI is InChI=1S/C15H19NO3/c1-3-11-9-16(8-7-14(11)18)15(19)12-5-4-6-13(17)10(12)2/h4-6,11,17H,3,7-9H2,1-2H3. The molecular weight excluding hydrogens is 242 g/mol. The van der Waals surface area contributed by atoms with E-state index in [1.165, 1.54) is 0 Å². The Labute approximate surface area is 113 Å². The minimum absolute atomic E-state index is 0.0460. The van der Waals surface area contributed by atoms with E-state index in [1.54, 1.807) is 30.0 Å². The number of phenolic OH excluding ortho intramolecular Hbond substituents is 1. The number of nitrogens with zero attached hydrogens (tertiary/aromatic N) is 1. The number of Topliss-reactive ketones (excluding diaryl/α,β-unsaturated/α-hetero) is 1. The van der Waals surface area contributed by atoms with Gasteiger partial charge in [-0.2, -0.15) is 0 Å². The average molecular weight is 261 g/mol. The van der Waals surface area contributed by atoms with Crippen LogP contribution in [-0.2, 0) is 4.79 Å². The Bertz CT molecular complexity index is 510. The van der Waals surface area contributed by atoms with Crippen molar-refractivity contribution in [2.75, 3.05) is 13.1 Å². The number of hydrogen-bond acceptors (Lipinski definition) is 3. The Kier molecular flexibility index (Phi) is 3.88.